The van der Waals surface area contributed by atoms with Gasteiger partial charge in [-0.1, -0.05) is 0 Å². The molecular formula is C10H16BrN3S. The fraction of sp³-hybridized carbons (Fsp3) is 0.500. The normalized spacial score (nSPS) is 13.1. The van der Waals surface area contributed by atoms with E-state index in [1.807, 2.05) is 0 Å². The first-order valence-corrected chi connectivity index (χ1v) is 6.43. The Hall–Kier alpha value is -0.390. The summed E-state index contributed by atoms with van der Waals surface area (Å²) in [5, 5.41) is 9.33. The fourth-order valence-corrected chi connectivity index (χ4v) is 2.83. The minimum atomic E-state index is 0.250. The van der Waals surface area contributed by atoms with Crippen LogP contribution in [0.3, 0.4) is 0 Å². The highest BCUT2D eigenvalue weighted by Crippen LogP contribution is 2.24. The first-order chi connectivity index (χ1) is 7.00. The summed E-state index contributed by atoms with van der Waals surface area (Å²) in [5.74, 6) is 0.250. The Kier molecular flexibility index (Phi) is 4.76. The fourth-order valence-electron chi connectivity index (χ4n) is 1.29. The molecule has 1 rings (SSSR count). The van der Waals surface area contributed by atoms with Crippen molar-refractivity contribution in [3.8, 4) is 0 Å². The second-order valence-corrected chi connectivity index (χ2v) is 5.54. The summed E-state index contributed by atoms with van der Waals surface area (Å²) in [6.45, 7) is 2.98. The summed E-state index contributed by atoms with van der Waals surface area (Å²) in [5.41, 5.74) is 5.38. The quantitative estimate of drug-likeness (QED) is 0.647. The van der Waals surface area contributed by atoms with Crippen LogP contribution in [-0.4, -0.2) is 23.8 Å². The number of nitrogens with one attached hydrogen (secondary N) is 1. The smallest absolute Gasteiger partial charge is 0.0920 e. The van der Waals surface area contributed by atoms with Crippen LogP contribution in [0.15, 0.2) is 15.9 Å². The van der Waals surface area contributed by atoms with Crippen molar-refractivity contribution in [1.82, 2.24) is 4.90 Å². The van der Waals surface area contributed by atoms with Crippen LogP contribution in [0.1, 0.15) is 18.2 Å². The molecule has 84 valence electrons. The minimum Gasteiger partial charge on any atom is -0.388 e. The number of hydrogen-bond donors (Lipinski definition) is 2. The molecule has 3 N–H and O–H groups in total. The molecule has 0 radical (unpaired) electrons. The van der Waals surface area contributed by atoms with Gasteiger partial charge in [0.15, 0.2) is 0 Å². The van der Waals surface area contributed by atoms with Gasteiger partial charge in [0.25, 0.3) is 0 Å². The summed E-state index contributed by atoms with van der Waals surface area (Å²) in [6.07, 6.45) is 0.624. The first kappa shape index (κ1) is 12.7. The van der Waals surface area contributed by atoms with Gasteiger partial charge < -0.3 is 5.73 Å². The number of halogens is 1. The van der Waals surface area contributed by atoms with E-state index in [1.54, 1.807) is 11.3 Å². The molecule has 15 heavy (non-hydrogen) atoms. The Morgan fingerprint density at radius 3 is 2.87 bits per heavy atom. The predicted octanol–water partition coefficient (Wildman–Crippen LogP) is 2.66. The third-order valence-electron chi connectivity index (χ3n) is 2.35. The van der Waals surface area contributed by atoms with Gasteiger partial charge in [-0.3, -0.25) is 10.3 Å². The number of rotatable bonds is 5. The SMILES string of the molecule is CC(CC(=N)N)N(C)Cc1sccc1Br. The molecule has 0 aliphatic heterocycles. The molecule has 0 aliphatic rings. The molecule has 1 aromatic heterocycles. The van der Waals surface area contributed by atoms with E-state index < -0.39 is 0 Å². The van der Waals surface area contributed by atoms with Crippen LogP contribution < -0.4 is 5.73 Å². The van der Waals surface area contributed by atoms with Crippen molar-refractivity contribution in [2.45, 2.75) is 25.9 Å². The van der Waals surface area contributed by atoms with Crippen LogP contribution in [0.4, 0.5) is 0 Å². The lowest BCUT2D eigenvalue weighted by Gasteiger charge is -2.23. The maximum absolute atomic E-state index is 7.25. The Bertz CT molecular complexity index is 337. The van der Waals surface area contributed by atoms with Gasteiger partial charge in [0.2, 0.25) is 0 Å². The average molecular weight is 290 g/mol. The molecule has 3 nitrogen and oxygen atoms in total. The van der Waals surface area contributed by atoms with E-state index in [4.69, 9.17) is 11.1 Å². The lowest BCUT2D eigenvalue weighted by atomic mass is 10.2. The van der Waals surface area contributed by atoms with Crippen LogP contribution in [0, 0.1) is 5.41 Å². The van der Waals surface area contributed by atoms with Crippen LogP contribution in [0.25, 0.3) is 0 Å². The molecule has 1 unspecified atom stereocenters. The number of thiophene rings is 1. The number of hydrogen-bond acceptors (Lipinski definition) is 3. The second-order valence-electron chi connectivity index (χ2n) is 3.69. The molecule has 5 heteroatoms. The van der Waals surface area contributed by atoms with E-state index in [1.165, 1.54) is 4.88 Å². The van der Waals surface area contributed by atoms with E-state index in [-0.39, 0.29) is 5.84 Å². The van der Waals surface area contributed by atoms with Crippen molar-refractivity contribution >= 4 is 33.1 Å². The second kappa shape index (κ2) is 5.63. The standard InChI is InChI=1S/C10H16BrN3S/c1-7(5-10(12)13)14(2)6-9-8(11)3-4-15-9/h3-4,7H,5-6H2,1-2H3,(H3,12,13). The summed E-state index contributed by atoms with van der Waals surface area (Å²) in [4.78, 5) is 3.52. The zero-order chi connectivity index (χ0) is 11.4. The highest BCUT2D eigenvalue weighted by molar-refractivity contribution is 9.10. The third kappa shape index (κ3) is 3.93. The van der Waals surface area contributed by atoms with Crippen molar-refractivity contribution in [2.24, 2.45) is 5.73 Å². The maximum atomic E-state index is 7.25. The molecule has 1 aromatic rings. The van der Waals surface area contributed by atoms with Gasteiger partial charge in [0.1, 0.15) is 0 Å². The zero-order valence-electron chi connectivity index (χ0n) is 8.96. The molecule has 0 amide bonds. The third-order valence-corrected chi connectivity index (χ3v) is 4.26. The molecule has 0 aliphatic carbocycles. The summed E-state index contributed by atoms with van der Waals surface area (Å²) < 4.78 is 1.16. The predicted molar refractivity (Wildman–Crippen MR) is 69.5 cm³/mol. The van der Waals surface area contributed by atoms with Crippen LogP contribution in [-0.2, 0) is 6.54 Å². The Balaban J connectivity index is 2.52. The Labute approximate surface area is 103 Å². The van der Waals surface area contributed by atoms with E-state index in [0.29, 0.717) is 12.5 Å². The van der Waals surface area contributed by atoms with Crippen molar-refractivity contribution in [2.75, 3.05) is 7.05 Å². The largest absolute Gasteiger partial charge is 0.388 e. The van der Waals surface area contributed by atoms with E-state index >= 15 is 0 Å². The highest BCUT2D eigenvalue weighted by atomic mass is 79.9. The van der Waals surface area contributed by atoms with Crippen LogP contribution in [0.5, 0.6) is 0 Å². The maximum Gasteiger partial charge on any atom is 0.0920 e. The minimum absolute atomic E-state index is 0.250. The monoisotopic (exact) mass is 289 g/mol. The molecule has 1 heterocycles. The summed E-state index contributed by atoms with van der Waals surface area (Å²) >= 11 is 5.25. The lowest BCUT2D eigenvalue weighted by Crippen LogP contribution is -2.32. The molecule has 0 saturated heterocycles. The summed E-state index contributed by atoms with van der Waals surface area (Å²) in [7, 11) is 2.06. The molecule has 0 fully saturated rings. The van der Waals surface area contributed by atoms with E-state index in [2.05, 4.69) is 46.2 Å². The van der Waals surface area contributed by atoms with Gasteiger partial charge in [-0.05, 0) is 41.3 Å². The molecule has 0 spiro atoms. The van der Waals surface area contributed by atoms with Crippen molar-refractivity contribution in [3.63, 3.8) is 0 Å². The van der Waals surface area contributed by atoms with Crippen molar-refractivity contribution in [3.05, 3.63) is 20.8 Å². The zero-order valence-corrected chi connectivity index (χ0v) is 11.4. The van der Waals surface area contributed by atoms with Gasteiger partial charge in [0, 0.05) is 28.4 Å². The molecule has 1 atom stereocenters. The molecule has 0 bridgehead atoms. The Morgan fingerprint density at radius 1 is 1.73 bits per heavy atom. The van der Waals surface area contributed by atoms with Crippen molar-refractivity contribution in [1.29, 1.82) is 5.41 Å². The van der Waals surface area contributed by atoms with Gasteiger partial charge in [-0.15, -0.1) is 11.3 Å². The van der Waals surface area contributed by atoms with Gasteiger partial charge in [-0.25, -0.2) is 0 Å². The van der Waals surface area contributed by atoms with E-state index in [0.717, 1.165) is 11.0 Å². The average Bonchev–Trinajstić information content (AvgIpc) is 2.50. The Morgan fingerprint density at radius 2 is 2.40 bits per heavy atom. The number of nitrogens with zero attached hydrogens (tertiary/aromatic N) is 1. The van der Waals surface area contributed by atoms with Gasteiger partial charge in [0.05, 0.1) is 5.84 Å². The van der Waals surface area contributed by atoms with Crippen molar-refractivity contribution < 1.29 is 0 Å². The first-order valence-electron chi connectivity index (χ1n) is 4.75. The van der Waals surface area contributed by atoms with E-state index in [9.17, 15) is 0 Å². The highest BCUT2D eigenvalue weighted by Gasteiger charge is 2.12. The van der Waals surface area contributed by atoms with Gasteiger partial charge in [-0.2, -0.15) is 0 Å². The van der Waals surface area contributed by atoms with Gasteiger partial charge >= 0.3 is 0 Å². The summed E-state index contributed by atoms with van der Waals surface area (Å²) in [6, 6.07) is 2.36. The number of amidine groups is 1. The number of nitrogens with two attached hydrogens (primary N) is 1. The molecule has 0 saturated carbocycles. The lowest BCUT2D eigenvalue weighted by molar-refractivity contribution is 0.256. The molecular weight excluding hydrogens is 274 g/mol. The van der Waals surface area contributed by atoms with Crippen LogP contribution in [0.2, 0.25) is 0 Å². The topological polar surface area (TPSA) is 53.1 Å². The molecule has 0 aromatic carbocycles. The van der Waals surface area contributed by atoms with Crippen LogP contribution >= 0.6 is 27.3 Å².